The molecule has 0 aliphatic heterocycles. The van der Waals surface area contributed by atoms with Crippen LogP contribution < -0.4 is 10.5 Å². The first-order valence-electron chi connectivity index (χ1n) is 8.01. The fraction of sp³-hybridized carbons (Fsp3) is 0.368. The summed E-state index contributed by atoms with van der Waals surface area (Å²) in [6, 6.07) is 16.2. The number of aryl methyl sites for hydroxylation is 1. The van der Waals surface area contributed by atoms with Gasteiger partial charge in [0, 0.05) is 18.2 Å². The Kier molecular flexibility index (Phi) is 4.96. The standard InChI is InChI=1S/C19H23NO2/c20-16-8-4-9-17(14-16)21-12-5-13-22-19-11-3-7-15-6-1-2-10-18(15)19/h1-2,4,6,8-10,14,19H,3,5,7,11-13,20H2. The first-order valence-corrected chi connectivity index (χ1v) is 8.01. The Morgan fingerprint density at radius 3 is 2.86 bits per heavy atom. The smallest absolute Gasteiger partial charge is 0.121 e. The molecule has 3 heteroatoms. The van der Waals surface area contributed by atoms with Crippen LogP contribution in [-0.2, 0) is 11.2 Å². The van der Waals surface area contributed by atoms with Crippen LogP contribution in [0.2, 0.25) is 0 Å². The van der Waals surface area contributed by atoms with E-state index in [0.29, 0.717) is 6.61 Å². The number of hydrogen-bond donors (Lipinski definition) is 1. The number of fused-ring (bicyclic) bond motifs is 1. The molecule has 1 aliphatic rings. The third kappa shape index (κ3) is 3.80. The van der Waals surface area contributed by atoms with Gasteiger partial charge in [-0.3, -0.25) is 0 Å². The second kappa shape index (κ2) is 7.32. The number of ether oxygens (including phenoxy) is 2. The van der Waals surface area contributed by atoms with Crippen LogP contribution in [0.5, 0.6) is 5.75 Å². The molecule has 116 valence electrons. The van der Waals surface area contributed by atoms with E-state index < -0.39 is 0 Å². The van der Waals surface area contributed by atoms with E-state index in [2.05, 4.69) is 24.3 Å². The summed E-state index contributed by atoms with van der Waals surface area (Å²) in [6.45, 7) is 1.37. The highest BCUT2D eigenvalue weighted by molar-refractivity contribution is 5.43. The first kappa shape index (κ1) is 14.9. The summed E-state index contributed by atoms with van der Waals surface area (Å²) in [4.78, 5) is 0. The summed E-state index contributed by atoms with van der Waals surface area (Å²) < 4.78 is 11.8. The lowest BCUT2D eigenvalue weighted by atomic mass is 9.89. The average Bonchev–Trinajstić information content (AvgIpc) is 2.55. The molecule has 0 amide bonds. The quantitative estimate of drug-likeness (QED) is 0.644. The zero-order valence-electron chi connectivity index (χ0n) is 12.8. The van der Waals surface area contributed by atoms with Crippen molar-refractivity contribution in [1.82, 2.24) is 0 Å². The Hall–Kier alpha value is -2.00. The highest BCUT2D eigenvalue weighted by Gasteiger charge is 2.19. The normalized spacial score (nSPS) is 17.0. The molecule has 0 radical (unpaired) electrons. The summed E-state index contributed by atoms with van der Waals surface area (Å²) >= 11 is 0. The minimum Gasteiger partial charge on any atom is -0.493 e. The van der Waals surface area contributed by atoms with E-state index in [1.54, 1.807) is 0 Å². The number of benzene rings is 2. The molecule has 0 saturated carbocycles. The number of nitrogen functional groups attached to an aromatic ring is 1. The highest BCUT2D eigenvalue weighted by Crippen LogP contribution is 2.32. The fourth-order valence-corrected chi connectivity index (χ4v) is 2.96. The molecule has 0 spiro atoms. The molecule has 2 aromatic rings. The summed E-state index contributed by atoms with van der Waals surface area (Å²) in [5.41, 5.74) is 9.26. The Morgan fingerprint density at radius 2 is 1.95 bits per heavy atom. The molecule has 3 nitrogen and oxygen atoms in total. The molecule has 1 aliphatic carbocycles. The van der Waals surface area contributed by atoms with Gasteiger partial charge in [-0.05, 0) is 42.5 Å². The van der Waals surface area contributed by atoms with Crippen LogP contribution in [0.25, 0.3) is 0 Å². The predicted molar refractivity (Wildman–Crippen MR) is 89.0 cm³/mol. The molecule has 22 heavy (non-hydrogen) atoms. The predicted octanol–water partition coefficient (Wildman–Crippen LogP) is 4.13. The van der Waals surface area contributed by atoms with Gasteiger partial charge in [0.05, 0.1) is 19.3 Å². The zero-order chi connectivity index (χ0) is 15.2. The van der Waals surface area contributed by atoms with Gasteiger partial charge in [0.15, 0.2) is 0 Å². The summed E-state index contributed by atoms with van der Waals surface area (Å²) in [7, 11) is 0. The summed E-state index contributed by atoms with van der Waals surface area (Å²) in [5, 5.41) is 0. The molecule has 3 rings (SSSR count). The number of anilines is 1. The van der Waals surface area contributed by atoms with Gasteiger partial charge in [-0.15, -0.1) is 0 Å². The topological polar surface area (TPSA) is 44.5 Å². The second-order valence-corrected chi connectivity index (χ2v) is 5.72. The fourth-order valence-electron chi connectivity index (χ4n) is 2.96. The number of hydrogen-bond acceptors (Lipinski definition) is 3. The van der Waals surface area contributed by atoms with Crippen molar-refractivity contribution in [1.29, 1.82) is 0 Å². The van der Waals surface area contributed by atoms with E-state index in [-0.39, 0.29) is 6.10 Å². The molecule has 1 atom stereocenters. The van der Waals surface area contributed by atoms with Crippen molar-refractivity contribution in [3.63, 3.8) is 0 Å². The van der Waals surface area contributed by atoms with Crippen LogP contribution in [0.3, 0.4) is 0 Å². The van der Waals surface area contributed by atoms with E-state index in [1.807, 2.05) is 24.3 Å². The van der Waals surface area contributed by atoms with Gasteiger partial charge in [-0.2, -0.15) is 0 Å². The Morgan fingerprint density at radius 1 is 1.05 bits per heavy atom. The molecular formula is C19H23NO2. The molecule has 0 bridgehead atoms. The maximum absolute atomic E-state index is 6.07. The van der Waals surface area contributed by atoms with Gasteiger partial charge in [0.1, 0.15) is 5.75 Å². The maximum Gasteiger partial charge on any atom is 0.121 e. The van der Waals surface area contributed by atoms with Crippen molar-refractivity contribution in [2.24, 2.45) is 0 Å². The average molecular weight is 297 g/mol. The molecule has 2 N–H and O–H groups in total. The zero-order valence-corrected chi connectivity index (χ0v) is 12.8. The van der Waals surface area contributed by atoms with Crippen LogP contribution in [0, 0.1) is 0 Å². The van der Waals surface area contributed by atoms with Crippen molar-refractivity contribution in [3.8, 4) is 5.75 Å². The largest absolute Gasteiger partial charge is 0.493 e. The van der Waals surface area contributed by atoms with Gasteiger partial charge in [-0.25, -0.2) is 0 Å². The molecule has 0 heterocycles. The van der Waals surface area contributed by atoms with E-state index >= 15 is 0 Å². The lowest BCUT2D eigenvalue weighted by molar-refractivity contribution is 0.0339. The molecule has 2 aromatic carbocycles. The first-order chi connectivity index (χ1) is 10.8. The van der Waals surface area contributed by atoms with Crippen LogP contribution >= 0.6 is 0 Å². The van der Waals surface area contributed by atoms with Gasteiger partial charge in [0.2, 0.25) is 0 Å². The van der Waals surface area contributed by atoms with E-state index in [0.717, 1.165) is 30.9 Å². The van der Waals surface area contributed by atoms with Gasteiger partial charge in [-0.1, -0.05) is 30.3 Å². The van der Waals surface area contributed by atoms with Gasteiger partial charge in [0.25, 0.3) is 0 Å². The Bertz CT molecular complexity index is 612. The van der Waals surface area contributed by atoms with Crippen molar-refractivity contribution < 1.29 is 9.47 Å². The SMILES string of the molecule is Nc1cccc(OCCCOC2CCCc3ccccc32)c1. The molecule has 0 saturated heterocycles. The number of nitrogens with two attached hydrogens (primary N) is 1. The molecule has 1 unspecified atom stereocenters. The third-order valence-electron chi connectivity index (χ3n) is 4.05. The van der Waals surface area contributed by atoms with Crippen LogP contribution in [0.4, 0.5) is 5.69 Å². The van der Waals surface area contributed by atoms with E-state index in [1.165, 1.54) is 24.0 Å². The van der Waals surface area contributed by atoms with E-state index in [4.69, 9.17) is 15.2 Å². The summed E-state index contributed by atoms with van der Waals surface area (Å²) in [6.07, 6.45) is 4.63. The van der Waals surface area contributed by atoms with Crippen molar-refractivity contribution in [2.45, 2.75) is 31.8 Å². The lowest BCUT2D eigenvalue weighted by Gasteiger charge is -2.25. The van der Waals surface area contributed by atoms with Crippen molar-refractivity contribution in [2.75, 3.05) is 18.9 Å². The highest BCUT2D eigenvalue weighted by atomic mass is 16.5. The molecule has 0 fully saturated rings. The minimum atomic E-state index is 0.248. The Labute approximate surface area is 132 Å². The van der Waals surface area contributed by atoms with Gasteiger partial charge < -0.3 is 15.2 Å². The molecular weight excluding hydrogens is 274 g/mol. The summed E-state index contributed by atoms with van der Waals surface area (Å²) in [5.74, 6) is 0.822. The lowest BCUT2D eigenvalue weighted by Crippen LogP contribution is -2.14. The third-order valence-corrected chi connectivity index (χ3v) is 4.05. The van der Waals surface area contributed by atoms with Crippen LogP contribution in [-0.4, -0.2) is 13.2 Å². The molecule has 0 aromatic heterocycles. The second-order valence-electron chi connectivity index (χ2n) is 5.72. The van der Waals surface area contributed by atoms with Crippen LogP contribution in [0.15, 0.2) is 48.5 Å². The number of rotatable bonds is 6. The van der Waals surface area contributed by atoms with Gasteiger partial charge >= 0.3 is 0 Å². The van der Waals surface area contributed by atoms with Crippen molar-refractivity contribution in [3.05, 3.63) is 59.7 Å². The van der Waals surface area contributed by atoms with E-state index in [9.17, 15) is 0 Å². The Balaban J connectivity index is 1.42. The monoisotopic (exact) mass is 297 g/mol. The van der Waals surface area contributed by atoms with Crippen molar-refractivity contribution >= 4 is 5.69 Å². The van der Waals surface area contributed by atoms with Crippen LogP contribution in [0.1, 0.15) is 36.5 Å². The minimum absolute atomic E-state index is 0.248. The maximum atomic E-state index is 6.07.